The first kappa shape index (κ1) is 20.4. The molecule has 2 aromatic carbocycles. The molecule has 1 N–H and O–H groups in total. The number of hydrogen-bond acceptors (Lipinski definition) is 4. The van der Waals surface area contributed by atoms with Gasteiger partial charge in [-0.3, -0.25) is 4.79 Å². The summed E-state index contributed by atoms with van der Waals surface area (Å²) >= 11 is 6.07. The molecule has 0 bridgehead atoms. The minimum Gasteiger partial charge on any atom is -0.378 e. The van der Waals surface area contributed by atoms with Crippen LogP contribution in [-0.4, -0.2) is 38.1 Å². The zero-order valence-corrected chi connectivity index (χ0v) is 16.7. The zero-order chi connectivity index (χ0) is 19.3. The van der Waals surface area contributed by atoms with Crippen LogP contribution in [0.2, 0.25) is 5.02 Å². The van der Waals surface area contributed by atoms with Crippen LogP contribution in [0.5, 0.6) is 0 Å². The third kappa shape index (κ3) is 4.63. The molecule has 140 valence electrons. The van der Waals surface area contributed by atoms with E-state index in [1.165, 1.54) is 16.4 Å². The maximum Gasteiger partial charge on any atom is 0.243 e. The van der Waals surface area contributed by atoms with Gasteiger partial charge in [-0.15, -0.1) is 0 Å². The molecule has 26 heavy (non-hydrogen) atoms. The van der Waals surface area contributed by atoms with E-state index in [4.69, 9.17) is 11.6 Å². The van der Waals surface area contributed by atoms with Gasteiger partial charge < -0.3 is 5.32 Å². The second-order valence-corrected chi connectivity index (χ2v) is 8.20. The summed E-state index contributed by atoms with van der Waals surface area (Å²) in [6.45, 7) is 6.40. The number of benzene rings is 2. The summed E-state index contributed by atoms with van der Waals surface area (Å²) < 4.78 is 26.3. The number of halogens is 1. The molecule has 0 spiro atoms. The minimum atomic E-state index is -3.52. The Hall–Kier alpha value is -1.89. The molecule has 0 unspecified atom stereocenters. The van der Waals surface area contributed by atoms with Gasteiger partial charge in [-0.2, -0.15) is 4.31 Å². The molecule has 0 aliphatic rings. The van der Waals surface area contributed by atoms with Crippen molar-refractivity contribution < 1.29 is 13.2 Å². The number of carbonyl (C=O) groups is 1. The van der Waals surface area contributed by atoms with Crippen LogP contribution in [0.3, 0.4) is 0 Å². The lowest BCUT2D eigenvalue weighted by Crippen LogP contribution is -2.30. The fourth-order valence-corrected chi connectivity index (χ4v) is 4.15. The van der Waals surface area contributed by atoms with Crippen LogP contribution in [0.15, 0.2) is 47.4 Å². The Morgan fingerprint density at radius 2 is 1.69 bits per heavy atom. The number of sulfonamides is 1. The van der Waals surface area contributed by atoms with E-state index in [0.29, 0.717) is 23.7 Å². The second kappa shape index (κ2) is 8.66. The number of anilines is 1. The van der Waals surface area contributed by atoms with Crippen LogP contribution < -0.4 is 5.32 Å². The maximum atomic E-state index is 12.5. The van der Waals surface area contributed by atoms with E-state index >= 15 is 0 Å². The molecule has 0 aliphatic carbocycles. The standard InChI is InChI=1S/C19H23ClN2O3S/c1-4-22(5-2)26(24,25)17-10-7-15(8-11-17)19(23)13-21-16-9-6-14(3)18(20)12-16/h6-12,21H,4-5,13H2,1-3H3. The highest BCUT2D eigenvalue weighted by molar-refractivity contribution is 7.89. The molecule has 0 saturated carbocycles. The van der Waals surface area contributed by atoms with Gasteiger partial charge in [-0.05, 0) is 48.9 Å². The number of ketones is 1. The quantitative estimate of drug-likeness (QED) is 0.688. The summed E-state index contributed by atoms with van der Waals surface area (Å²) in [6.07, 6.45) is 0. The van der Waals surface area contributed by atoms with Gasteiger partial charge in [0.15, 0.2) is 5.78 Å². The number of Topliss-reactive ketones (excluding diaryl/α,β-unsaturated/α-hetero) is 1. The van der Waals surface area contributed by atoms with Crippen molar-refractivity contribution >= 4 is 33.1 Å². The van der Waals surface area contributed by atoms with Gasteiger partial charge in [0.2, 0.25) is 10.0 Å². The smallest absolute Gasteiger partial charge is 0.243 e. The van der Waals surface area contributed by atoms with Crippen molar-refractivity contribution in [1.29, 1.82) is 0 Å². The van der Waals surface area contributed by atoms with E-state index in [1.54, 1.807) is 32.0 Å². The highest BCUT2D eigenvalue weighted by Crippen LogP contribution is 2.20. The molecule has 5 nitrogen and oxygen atoms in total. The summed E-state index contributed by atoms with van der Waals surface area (Å²) in [5.41, 5.74) is 2.18. The number of nitrogens with one attached hydrogen (secondary N) is 1. The Balaban J connectivity index is 2.07. The van der Waals surface area contributed by atoms with Crippen molar-refractivity contribution in [3.63, 3.8) is 0 Å². The van der Waals surface area contributed by atoms with Crippen molar-refractivity contribution in [1.82, 2.24) is 4.31 Å². The first-order chi connectivity index (χ1) is 12.3. The van der Waals surface area contributed by atoms with E-state index in [9.17, 15) is 13.2 Å². The topological polar surface area (TPSA) is 66.5 Å². The largest absolute Gasteiger partial charge is 0.378 e. The maximum absolute atomic E-state index is 12.5. The van der Waals surface area contributed by atoms with Gasteiger partial charge in [0.05, 0.1) is 11.4 Å². The lowest BCUT2D eigenvalue weighted by Gasteiger charge is -2.18. The molecule has 0 saturated heterocycles. The van der Waals surface area contributed by atoms with Gasteiger partial charge in [-0.25, -0.2) is 8.42 Å². The monoisotopic (exact) mass is 394 g/mol. The van der Waals surface area contributed by atoms with E-state index in [-0.39, 0.29) is 17.2 Å². The molecule has 0 radical (unpaired) electrons. The van der Waals surface area contributed by atoms with Gasteiger partial charge in [0, 0.05) is 29.4 Å². The predicted octanol–water partition coefficient (Wildman–Crippen LogP) is 3.97. The van der Waals surface area contributed by atoms with Gasteiger partial charge >= 0.3 is 0 Å². The molecule has 0 amide bonds. The average Bonchev–Trinajstić information content (AvgIpc) is 2.63. The first-order valence-electron chi connectivity index (χ1n) is 8.43. The molecule has 0 heterocycles. The summed E-state index contributed by atoms with van der Waals surface area (Å²) in [5, 5.41) is 3.66. The molecule has 0 atom stereocenters. The summed E-state index contributed by atoms with van der Waals surface area (Å²) in [5.74, 6) is -0.131. The van der Waals surface area contributed by atoms with Crippen molar-refractivity contribution in [2.45, 2.75) is 25.7 Å². The summed E-state index contributed by atoms with van der Waals surface area (Å²) in [7, 11) is -3.52. The summed E-state index contributed by atoms with van der Waals surface area (Å²) in [4.78, 5) is 12.5. The molecule has 2 rings (SSSR count). The molecule has 2 aromatic rings. The first-order valence-corrected chi connectivity index (χ1v) is 10.2. The number of aryl methyl sites for hydroxylation is 1. The highest BCUT2D eigenvalue weighted by atomic mass is 35.5. The van der Waals surface area contributed by atoms with Crippen LogP contribution >= 0.6 is 11.6 Å². The zero-order valence-electron chi connectivity index (χ0n) is 15.1. The van der Waals surface area contributed by atoms with Crippen molar-refractivity contribution in [3.05, 3.63) is 58.6 Å². The fraction of sp³-hybridized carbons (Fsp3) is 0.316. The van der Waals surface area contributed by atoms with Gasteiger partial charge in [0.25, 0.3) is 0 Å². The second-order valence-electron chi connectivity index (χ2n) is 5.85. The fourth-order valence-electron chi connectivity index (χ4n) is 2.51. The van der Waals surface area contributed by atoms with Crippen molar-refractivity contribution in [3.8, 4) is 0 Å². The molecular weight excluding hydrogens is 372 g/mol. The van der Waals surface area contributed by atoms with Crippen molar-refractivity contribution in [2.75, 3.05) is 25.0 Å². The lowest BCUT2D eigenvalue weighted by atomic mass is 10.1. The van der Waals surface area contributed by atoms with Crippen LogP contribution in [-0.2, 0) is 10.0 Å². The van der Waals surface area contributed by atoms with Crippen LogP contribution in [0.25, 0.3) is 0 Å². The molecule has 0 aromatic heterocycles. The van der Waals surface area contributed by atoms with E-state index in [0.717, 1.165) is 11.3 Å². The van der Waals surface area contributed by atoms with Gasteiger partial charge in [-0.1, -0.05) is 31.5 Å². The Kier molecular flexibility index (Phi) is 6.81. The van der Waals surface area contributed by atoms with Crippen LogP contribution in [0.4, 0.5) is 5.69 Å². The average molecular weight is 395 g/mol. The Bertz CT molecular complexity index is 876. The third-order valence-corrected chi connectivity index (χ3v) is 6.62. The lowest BCUT2D eigenvalue weighted by molar-refractivity contribution is 0.101. The van der Waals surface area contributed by atoms with E-state index in [2.05, 4.69) is 5.32 Å². The highest BCUT2D eigenvalue weighted by Gasteiger charge is 2.21. The predicted molar refractivity (Wildman–Crippen MR) is 106 cm³/mol. The minimum absolute atomic E-state index is 0.0987. The Labute approximate surface area is 160 Å². The molecule has 7 heteroatoms. The van der Waals surface area contributed by atoms with Crippen LogP contribution in [0, 0.1) is 6.92 Å². The van der Waals surface area contributed by atoms with Gasteiger partial charge in [0.1, 0.15) is 0 Å². The summed E-state index contributed by atoms with van der Waals surface area (Å²) in [6, 6.07) is 11.5. The number of nitrogens with zero attached hydrogens (tertiary/aromatic N) is 1. The number of carbonyl (C=O) groups excluding carboxylic acids is 1. The Morgan fingerprint density at radius 3 is 2.23 bits per heavy atom. The molecule has 0 aliphatic heterocycles. The van der Waals surface area contributed by atoms with Crippen molar-refractivity contribution in [2.24, 2.45) is 0 Å². The van der Waals surface area contributed by atoms with E-state index < -0.39 is 10.0 Å². The third-order valence-electron chi connectivity index (χ3n) is 4.14. The molecular formula is C19H23ClN2O3S. The number of hydrogen-bond donors (Lipinski definition) is 1. The number of rotatable bonds is 8. The van der Waals surface area contributed by atoms with Crippen LogP contribution in [0.1, 0.15) is 29.8 Å². The van der Waals surface area contributed by atoms with E-state index in [1.807, 2.05) is 19.1 Å². The molecule has 0 fully saturated rings. The SMILES string of the molecule is CCN(CC)S(=O)(=O)c1ccc(C(=O)CNc2ccc(C)c(Cl)c2)cc1. The normalized spacial score (nSPS) is 11.6. The Morgan fingerprint density at radius 1 is 1.08 bits per heavy atom.